The molecule has 0 radical (unpaired) electrons. The van der Waals surface area contributed by atoms with Gasteiger partial charge in [-0.1, -0.05) is 23.7 Å². The third kappa shape index (κ3) is 4.75. The molecule has 1 aromatic heterocycles. The lowest BCUT2D eigenvalue weighted by molar-refractivity contribution is -0.138. The van der Waals surface area contributed by atoms with Gasteiger partial charge in [0.15, 0.2) is 5.78 Å². The van der Waals surface area contributed by atoms with Crippen LogP contribution in [0.15, 0.2) is 55.1 Å². The highest BCUT2D eigenvalue weighted by molar-refractivity contribution is 6.32. The van der Waals surface area contributed by atoms with Crippen LogP contribution >= 0.6 is 11.6 Å². The molecular formula is C19H15ClF3N3O3. The van der Waals surface area contributed by atoms with Crippen molar-refractivity contribution < 1.29 is 27.8 Å². The number of ketones is 1. The second kappa shape index (κ2) is 7.84. The first-order valence-electron chi connectivity index (χ1n) is 8.31. The molecule has 6 nitrogen and oxygen atoms in total. The molecule has 0 aliphatic heterocycles. The van der Waals surface area contributed by atoms with Gasteiger partial charge in [-0.15, -0.1) is 0 Å². The molecule has 10 heteroatoms. The Morgan fingerprint density at radius 3 is 2.59 bits per heavy atom. The number of carbonyl (C=O) groups excluding carboxylic acids is 1. The van der Waals surface area contributed by atoms with E-state index in [2.05, 4.69) is 10.1 Å². The zero-order valence-corrected chi connectivity index (χ0v) is 15.8. The third-order valence-electron chi connectivity index (χ3n) is 4.03. The lowest BCUT2D eigenvalue weighted by atomic mass is 9.91. The number of carbonyl (C=O) groups is 1. The maximum Gasteiger partial charge on any atom is 0.417 e. The van der Waals surface area contributed by atoms with Gasteiger partial charge in [-0.25, -0.2) is 9.67 Å². The highest BCUT2D eigenvalue weighted by Gasteiger charge is 2.40. The minimum Gasteiger partial charge on any atom is -0.456 e. The molecule has 1 N–H and O–H groups in total. The summed E-state index contributed by atoms with van der Waals surface area (Å²) < 4.78 is 47.5. The number of para-hydroxylation sites is 1. The Labute approximate surface area is 168 Å². The third-order valence-corrected chi connectivity index (χ3v) is 4.34. The Kier molecular flexibility index (Phi) is 5.63. The summed E-state index contributed by atoms with van der Waals surface area (Å²) in [5.41, 5.74) is -4.06. The molecule has 1 heterocycles. The second-order valence-electron chi connectivity index (χ2n) is 6.43. The first-order chi connectivity index (χ1) is 13.6. The summed E-state index contributed by atoms with van der Waals surface area (Å²) in [7, 11) is 0. The van der Waals surface area contributed by atoms with E-state index in [-0.39, 0.29) is 23.1 Å². The van der Waals surface area contributed by atoms with E-state index in [0.29, 0.717) is 6.07 Å². The number of hydrogen-bond acceptors (Lipinski definition) is 5. The lowest BCUT2D eigenvalue weighted by Gasteiger charge is -2.23. The summed E-state index contributed by atoms with van der Waals surface area (Å²) >= 11 is 5.97. The van der Waals surface area contributed by atoms with Crippen LogP contribution < -0.4 is 4.74 Å². The highest BCUT2D eigenvalue weighted by atomic mass is 35.5. The number of benzene rings is 2. The van der Waals surface area contributed by atoms with Crippen molar-refractivity contribution in [3.63, 3.8) is 0 Å². The van der Waals surface area contributed by atoms with Gasteiger partial charge in [0.25, 0.3) is 0 Å². The minimum absolute atomic E-state index is 0.155. The smallest absolute Gasteiger partial charge is 0.417 e. The van der Waals surface area contributed by atoms with Gasteiger partial charge in [-0.05, 0) is 37.3 Å². The zero-order valence-electron chi connectivity index (χ0n) is 15.0. The molecule has 152 valence electrons. The molecule has 0 amide bonds. The van der Waals surface area contributed by atoms with Gasteiger partial charge < -0.3 is 9.84 Å². The molecular weight excluding hydrogens is 411 g/mol. The fourth-order valence-corrected chi connectivity index (χ4v) is 2.84. The van der Waals surface area contributed by atoms with Crippen LogP contribution in [0.1, 0.15) is 22.8 Å². The number of alkyl halides is 3. The number of nitrogens with zero attached hydrogens (tertiary/aromatic N) is 3. The Morgan fingerprint density at radius 1 is 1.24 bits per heavy atom. The number of aliphatic hydroxyl groups is 1. The van der Waals surface area contributed by atoms with Gasteiger partial charge in [0, 0.05) is 5.56 Å². The van der Waals surface area contributed by atoms with E-state index in [1.165, 1.54) is 30.9 Å². The fourth-order valence-electron chi connectivity index (χ4n) is 2.67. The van der Waals surface area contributed by atoms with Gasteiger partial charge >= 0.3 is 6.18 Å². The van der Waals surface area contributed by atoms with E-state index in [4.69, 9.17) is 16.3 Å². The molecule has 0 saturated carbocycles. The number of ether oxygens (including phenoxy) is 1. The summed E-state index contributed by atoms with van der Waals surface area (Å²) in [6.45, 7) is 0.756. The maximum atomic E-state index is 13.6. The van der Waals surface area contributed by atoms with Gasteiger partial charge in [0.2, 0.25) is 0 Å². The Hall–Kier alpha value is -2.91. The molecule has 0 aliphatic carbocycles. The molecule has 2 aromatic carbocycles. The predicted octanol–water partition coefficient (Wildman–Crippen LogP) is 4.38. The van der Waals surface area contributed by atoms with Crippen molar-refractivity contribution in [3.8, 4) is 11.5 Å². The molecule has 0 fully saturated rings. The van der Waals surface area contributed by atoms with Crippen molar-refractivity contribution in [2.24, 2.45) is 0 Å². The van der Waals surface area contributed by atoms with E-state index < -0.39 is 28.7 Å². The Balaban J connectivity index is 1.96. The van der Waals surface area contributed by atoms with Crippen molar-refractivity contribution in [2.75, 3.05) is 0 Å². The molecule has 0 aliphatic rings. The average Bonchev–Trinajstić information content (AvgIpc) is 3.14. The SMILES string of the molecule is CC(O)(Cn1cncn1)C(=O)c1ccc(Oc2ccccc2Cl)cc1C(F)(F)F. The largest absolute Gasteiger partial charge is 0.456 e. The van der Waals surface area contributed by atoms with E-state index in [0.717, 1.165) is 17.7 Å². The van der Waals surface area contributed by atoms with Crippen molar-refractivity contribution in [3.05, 3.63) is 71.3 Å². The molecule has 3 aromatic rings. The van der Waals surface area contributed by atoms with E-state index in [1.54, 1.807) is 12.1 Å². The van der Waals surface area contributed by atoms with E-state index >= 15 is 0 Å². The normalized spacial score (nSPS) is 13.7. The van der Waals surface area contributed by atoms with Crippen LogP contribution in [0, 0.1) is 0 Å². The standard InChI is InChI=1S/C19H15ClF3N3O3/c1-18(28,9-26-11-24-10-25-26)17(27)13-7-6-12(8-14(13)19(21,22)23)29-16-5-3-2-4-15(16)20/h2-8,10-11,28H,9H2,1H3. The molecule has 1 unspecified atom stereocenters. The summed E-state index contributed by atoms with van der Waals surface area (Å²) in [5.74, 6) is -1.10. The van der Waals surface area contributed by atoms with Crippen LogP contribution in [0.3, 0.4) is 0 Å². The van der Waals surface area contributed by atoms with Crippen molar-refractivity contribution >= 4 is 17.4 Å². The monoisotopic (exact) mass is 425 g/mol. The maximum absolute atomic E-state index is 13.6. The Bertz CT molecular complexity index is 1020. The summed E-state index contributed by atoms with van der Waals surface area (Å²) in [4.78, 5) is 16.4. The van der Waals surface area contributed by atoms with Crippen LogP contribution in [-0.2, 0) is 12.7 Å². The molecule has 1 atom stereocenters. The second-order valence-corrected chi connectivity index (χ2v) is 6.84. The van der Waals surface area contributed by atoms with E-state index in [1.807, 2.05) is 0 Å². The minimum atomic E-state index is -4.85. The summed E-state index contributed by atoms with van der Waals surface area (Å²) in [5, 5.41) is 14.5. The van der Waals surface area contributed by atoms with Crippen molar-refractivity contribution in [1.29, 1.82) is 0 Å². The molecule has 0 bridgehead atoms. The number of rotatable bonds is 6. The lowest BCUT2D eigenvalue weighted by Crippen LogP contribution is -2.40. The molecule has 0 saturated heterocycles. The number of hydrogen-bond donors (Lipinski definition) is 1. The number of aromatic nitrogens is 3. The first-order valence-corrected chi connectivity index (χ1v) is 8.69. The van der Waals surface area contributed by atoms with Crippen LogP contribution in [0.5, 0.6) is 11.5 Å². The first kappa shape index (κ1) is 20.8. The van der Waals surface area contributed by atoms with Gasteiger partial charge in [0.1, 0.15) is 29.8 Å². The zero-order chi connectivity index (χ0) is 21.2. The average molecular weight is 426 g/mol. The number of halogens is 4. The predicted molar refractivity (Wildman–Crippen MR) is 97.9 cm³/mol. The van der Waals surface area contributed by atoms with E-state index in [9.17, 15) is 23.1 Å². The van der Waals surface area contributed by atoms with Crippen molar-refractivity contribution in [2.45, 2.75) is 25.2 Å². The van der Waals surface area contributed by atoms with Gasteiger partial charge in [0.05, 0.1) is 17.1 Å². The summed E-state index contributed by atoms with van der Waals surface area (Å²) in [6.07, 6.45) is -2.43. The fraction of sp³-hybridized carbons (Fsp3) is 0.211. The molecule has 3 rings (SSSR count). The van der Waals surface area contributed by atoms with Crippen LogP contribution in [0.25, 0.3) is 0 Å². The summed E-state index contributed by atoms with van der Waals surface area (Å²) in [6, 6.07) is 9.16. The molecule has 29 heavy (non-hydrogen) atoms. The van der Waals surface area contributed by atoms with Crippen LogP contribution in [-0.4, -0.2) is 31.3 Å². The van der Waals surface area contributed by atoms with Crippen molar-refractivity contribution in [1.82, 2.24) is 14.8 Å². The van der Waals surface area contributed by atoms with Gasteiger partial charge in [-0.3, -0.25) is 4.79 Å². The molecule has 0 spiro atoms. The topological polar surface area (TPSA) is 77.2 Å². The van der Waals surface area contributed by atoms with Crippen LogP contribution in [0.2, 0.25) is 5.02 Å². The number of Topliss-reactive ketones (excluding diaryl/α,β-unsaturated/α-hetero) is 1. The Morgan fingerprint density at radius 2 is 1.97 bits per heavy atom. The van der Waals surface area contributed by atoms with Crippen LogP contribution in [0.4, 0.5) is 13.2 Å². The highest BCUT2D eigenvalue weighted by Crippen LogP contribution is 2.38. The quantitative estimate of drug-likeness (QED) is 0.593. The van der Waals surface area contributed by atoms with Gasteiger partial charge in [-0.2, -0.15) is 18.3 Å².